The molecule has 120 valence electrons. The number of hydrogen-bond donors (Lipinski definition) is 1. The predicted octanol–water partition coefficient (Wildman–Crippen LogP) is 3.22. The lowest BCUT2D eigenvalue weighted by Crippen LogP contribution is -2.42. The second kappa shape index (κ2) is 7.51. The molecule has 0 spiro atoms. The fourth-order valence-electron chi connectivity index (χ4n) is 3.51. The van der Waals surface area contributed by atoms with Gasteiger partial charge >= 0.3 is 0 Å². The molecule has 22 heavy (non-hydrogen) atoms. The first-order chi connectivity index (χ1) is 10.7. The number of hydrogen-bond acceptors (Lipinski definition) is 3. The van der Waals surface area contributed by atoms with Gasteiger partial charge in [0.15, 0.2) is 0 Å². The van der Waals surface area contributed by atoms with E-state index in [1.54, 1.807) is 0 Å². The van der Waals surface area contributed by atoms with E-state index in [0.717, 1.165) is 24.6 Å². The number of rotatable bonds is 3. The Hall–Kier alpha value is -1.00. The van der Waals surface area contributed by atoms with Crippen molar-refractivity contribution in [2.45, 2.75) is 55.2 Å². The van der Waals surface area contributed by atoms with Crippen LogP contribution in [-0.2, 0) is 4.79 Å². The topological polar surface area (TPSA) is 32.3 Å². The highest BCUT2D eigenvalue weighted by atomic mass is 32.2. The van der Waals surface area contributed by atoms with Crippen molar-refractivity contribution >= 4 is 17.7 Å². The van der Waals surface area contributed by atoms with E-state index in [4.69, 9.17) is 0 Å². The first-order valence-corrected chi connectivity index (χ1v) is 9.33. The number of piperidine rings is 1. The van der Waals surface area contributed by atoms with Crippen LogP contribution in [0.15, 0.2) is 29.2 Å². The Morgan fingerprint density at radius 1 is 1.18 bits per heavy atom. The minimum Gasteiger partial charge on any atom is -0.356 e. The molecule has 0 saturated carbocycles. The smallest absolute Gasteiger partial charge is 0.220 e. The molecule has 1 aromatic carbocycles. The average molecular weight is 318 g/mol. The normalized spacial score (nSPS) is 24.8. The lowest BCUT2D eigenvalue weighted by molar-refractivity contribution is -0.120. The highest BCUT2D eigenvalue weighted by Gasteiger charge is 2.27. The third kappa shape index (κ3) is 4.26. The van der Waals surface area contributed by atoms with Gasteiger partial charge in [-0.1, -0.05) is 17.7 Å². The van der Waals surface area contributed by atoms with Gasteiger partial charge in [-0.15, -0.1) is 11.8 Å². The molecular formula is C18H26N2OS. The predicted molar refractivity (Wildman–Crippen MR) is 92.3 cm³/mol. The van der Waals surface area contributed by atoms with Crippen LogP contribution in [0.3, 0.4) is 0 Å². The van der Waals surface area contributed by atoms with E-state index in [1.807, 2.05) is 11.8 Å². The Morgan fingerprint density at radius 3 is 2.77 bits per heavy atom. The first kappa shape index (κ1) is 15.9. The molecule has 2 aliphatic rings. The third-order valence-electron chi connectivity index (χ3n) is 4.79. The quantitative estimate of drug-likeness (QED) is 0.929. The van der Waals surface area contributed by atoms with Gasteiger partial charge in [0.25, 0.3) is 0 Å². The molecule has 4 heteroatoms. The minimum atomic E-state index is 0.229. The molecule has 1 atom stereocenters. The molecule has 0 aromatic heterocycles. The van der Waals surface area contributed by atoms with Crippen LogP contribution >= 0.6 is 11.8 Å². The van der Waals surface area contributed by atoms with Crippen molar-refractivity contribution < 1.29 is 4.79 Å². The van der Waals surface area contributed by atoms with E-state index >= 15 is 0 Å². The standard InChI is InChI=1S/C18H26N2OS/c1-14-3-2-4-17(13-14)22-16-8-11-20(12-9-16)15-5-6-18(21)19-10-7-15/h2-4,13,15-16H,5-12H2,1H3,(H,19,21)/t15-/m0/s1. The summed E-state index contributed by atoms with van der Waals surface area (Å²) >= 11 is 2.04. The SMILES string of the molecule is Cc1cccc(SC2CCN([C@@H]3CCNC(=O)CC3)CC2)c1. The number of benzene rings is 1. The zero-order chi connectivity index (χ0) is 15.4. The summed E-state index contributed by atoms with van der Waals surface area (Å²) < 4.78 is 0. The van der Waals surface area contributed by atoms with E-state index in [9.17, 15) is 4.79 Å². The molecule has 3 nitrogen and oxygen atoms in total. The van der Waals surface area contributed by atoms with Crippen molar-refractivity contribution in [3.63, 3.8) is 0 Å². The monoisotopic (exact) mass is 318 g/mol. The summed E-state index contributed by atoms with van der Waals surface area (Å²) in [5.41, 5.74) is 1.35. The maximum absolute atomic E-state index is 11.5. The minimum absolute atomic E-state index is 0.229. The number of carbonyl (C=O) groups excluding carboxylic acids is 1. The molecule has 1 N–H and O–H groups in total. The van der Waals surface area contributed by atoms with Crippen molar-refractivity contribution in [2.75, 3.05) is 19.6 Å². The van der Waals surface area contributed by atoms with Crippen LogP contribution in [0.1, 0.15) is 37.7 Å². The van der Waals surface area contributed by atoms with Gasteiger partial charge < -0.3 is 10.2 Å². The zero-order valence-electron chi connectivity index (χ0n) is 13.4. The molecule has 0 aliphatic carbocycles. The zero-order valence-corrected chi connectivity index (χ0v) is 14.2. The maximum atomic E-state index is 11.5. The highest BCUT2D eigenvalue weighted by molar-refractivity contribution is 8.00. The van der Waals surface area contributed by atoms with E-state index < -0.39 is 0 Å². The molecule has 1 amide bonds. The summed E-state index contributed by atoms with van der Waals surface area (Å²) in [4.78, 5) is 15.5. The summed E-state index contributed by atoms with van der Waals surface area (Å²) in [5, 5.41) is 3.73. The highest BCUT2D eigenvalue weighted by Crippen LogP contribution is 2.32. The number of aryl methyl sites for hydroxylation is 1. The van der Waals surface area contributed by atoms with Crippen LogP contribution in [0.4, 0.5) is 0 Å². The van der Waals surface area contributed by atoms with Crippen LogP contribution in [0, 0.1) is 6.92 Å². The maximum Gasteiger partial charge on any atom is 0.220 e. The van der Waals surface area contributed by atoms with E-state index in [-0.39, 0.29) is 5.91 Å². The average Bonchev–Trinajstić information content (AvgIpc) is 2.73. The van der Waals surface area contributed by atoms with E-state index in [1.165, 1.54) is 36.4 Å². The van der Waals surface area contributed by atoms with Crippen molar-refractivity contribution in [1.29, 1.82) is 0 Å². The summed E-state index contributed by atoms with van der Waals surface area (Å²) in [5.74, 6) is 0.229. The van der Waals surface area contributed by atoms with Gasteiger partial charge in [0.05, 0.1) is 0 Å². The molecule has 3 rings (SSSR count). The number of nitrogens with one attached hydrogen (secondary N) is 1. The second-order valence-corrected chi connectivity index (χ2v) is 7.87. The molecule has 2 fully saturated rings. The largest absolute Gasteiger partial charge is 0.356 e. The Balaban J connectivity index is 1.48. The fraction of sp³-hybridized carbons (Fsp3) is 0.611. The van der Waals surface area contributed by atoms with Gasteiger partial charge in [-0.25, -0.2) is 0 Å². The molecule has 0 bridgehead atoms. The molecule has 2 heterocycles. The van der Waals surface area contributed by atoms with Crippen molar-refractivity contribution in [3.8, 4) is 0 Å². The lowest BCUT2D eigenvalue weighted by atomic mass is 10.0. The molecule has 2 saturated heterocycles. The number of thioether (sulfide) groups is 1. The van der Waals surface area contributed by atoms with E-state index in [0.29, 0.717) is 12.5 Å². The van der Waals surface area contributed by atoms with Gasteiger partial charge in [0.2, 0.25) is 5.91 Å². The van der Waals surface area contributed by atoms with E-state index in [2.05, 4.69) is 41.4 Å². The Morgan fingerprint density at radius 2 is 2.00 bits per heavy atom. The third-order valence-corrected chi connectivity index (χ3v) is 6.12. The lowest BCUT2D eigenvalue weighted by Gasteiger charge is -2.37. The van der Waals surface area contributed by atoms with Gasteiger partial charge in [0.1, 0.15) is 0 Å². The van der Waals surface area contributed by atoms with Gasteiger partial charge in [-0.3, -0.25) is 4.79 Å². The molecule has 2 aliphatic heterocycles. The van der Waals surface area contributed by atoms with Crippen molar-refractivity contribution in [2.24, 2.45) is 0 Å². The molecular weight excluding hydrogens is 292 g/mol. The summed E-state index contributed by atoms with van der Waals surface area (Å²) in [7, 11) is 0. The fourth-order valence-corrected chi connectivity index (χ4v) is 4.76. The molecule has 0 radical (unpaired) electrons. The molecule has 0 unspecified atom stereocenters. The van der Waals surface area contributed by atoms with Crippen molar-refractivity contribution in [3.05, 3.63) is 29.8 Å². The van der Waals surface area contributed by atoms with Crippen LogP contribution in [-0.4, -0.2) is 41.7 Å². The van der Waals surface area contributed by atoms with Gasteiger partial charge in [-0.05, 0) is 57.8 Å². The Kier molecular flexibility index (Phi) is 5.42. The number of likely N-dealkylation sites (tertiary alicyclic amines) is 1. The summed E-state index contributed by atoms with van der Waals surface area (Å²) in [6.45, 7) is 5.38. The number of carbonyl (C=O) groups is 1. The number of nitrogens with zero attached hydrogens (tertiary/aromatic N) is 1. The summed E-state index contributed by atoms with van der Waals surface area (Å²) in [6.07, 6.45) is 5.36. The summed E-state index contributed by atoms with van der Waals surface area (Å²) in [6, 6.07) is 9.44. The molecule has 1 aromatic rings. The van der Waals surface area contributed by atoms with Gasteiger partial charge in [0, 0.05) is 29.2 Å². The Bertz CT molecular complexity index is 512. The Labute approximate surface area is 137 Å². The second-order valence-electron chi connectivity index (χ2n) is 6.50. The van der Waals surface area contributed by atoms with Crippen LogP contribution in [0.5, 0.6) is 0 Å². The first-order valence-electron chi connectivity index (χ1n) is 8.45. The van der Waals surface area contributed by atoms with Crippen molar-refractivity contribution in [1.82, 2.24) is 10.2 Å². The van der Waals surface area contributed by atoms with Crippen LogP contribution in [0.25, 0.3) is 0 Å². The number of amides is 1. The van der Waals surface area contributed by atoms with Crippen LogP contribution in [0.2, 0.25) is 0 Å². The van der Waals surface area contributed by atoms with Crippen LogP contribution < -0.4 is 5.32 Å². The van der Waals surface area contributed by atoms with Gasteiger partial charge in [-0.2, -0.15) is 0 Å².